The standard InChI is InChI=1S/C26H28O8/c1-19(2)23(31)21(29,17(27)15-11-7-5-8-12-15)25(33)20(3,4)26(25,34)22(30,24(19,23)32)18(28)16-13-9-6-10-14-16/h5-14,29-34H,1-4H3/t21?,22?,23-,24-,25-,26+/m0/s1. The van der Waals surface area contributed by atoms with Gasteiger partial charge in [-0.05, 0) is 0 Å². The van der Waals surface area contributed by atoms with Gasteiger partial charge in [-0.3, -0.25) is 9.59 Å². The number of hydrogen-bond acceptors (Lipinski definition) is 8. The fourth-order valence-electron chi connectivity index (χ4n) is 7.29. The van der Waals surface area contributed by atoms with Crippen molar-refractivity contribution in [2.24, 2.45) is 10.8 Å². The Morgan fingerprint density at radius 3 is 0.971 bits per heavy atom. The van der Waals surface area contributed by atoms with Gasteiger partial charge >= 0.3 is 0 Å². The molecule has 0 saturated heterocycles. The molecule has 180 valence electrons. The summed E-state index contributed by atoms with van der Waals surface area (Å²) in [5.41, 5.74) is -22.0. The zero-order valence-corrected chi connectivity index (χ0v) is 19.3. The minimum atomic E-state index is -3.18. The first-order valence-corrected chi connectivity index (χ1v) is 11.1. The van der Waals surface area contributed by atoms with Gasteiger partial charge in [0.2, 0.25) is 11.6 Å². The third kappa shape index (κ3) is 1.68. The lowest BCUT2D eigenvalue weighted by molar-refractivity contribution is -0.270. The second kappa shape index (κ2) is 5.84. The van der Waals surface area contributed by atoms with Crippen molar-refractivity contribution in [2.75, 3.05) is 0 Å². The summed E-state index contributed by atoms with van der Waals surface area (Å²) in [5, 5.41) is 71.7. The molecule has 2 aromatic rings. The van der Waals surface area contributed by atoms with Gasteiger partial charge < -0.3 is 30.6 Å². The minimum absolute atomic E-state index is 0.0956. The third-order valence-electron chi connectivity index (χ3n) is 9.36. The monoisotopic (exact) mass is 468 g/mol. The molecule has 8 nitrogen and oxygen atoms in total. The van der Waals surface area contributed by atoms with Gasteiger partial charge in [0.05, 0.1) is 0 Å². The maximum Gasteiger partial charge on any atom is 0.200 e. The van der Waals surface area contributed by atoms with Crippen molar-refractivity contribution in [3.8, 4) is 0 Å². The smallest absolute Gasteiger partial charge is 0.200 e. The van der Waals surface area contributed by atoms with Crippen molar-refractivity contribution < 1.29 is 40.2 Å². The van der Waals surface area contributed by atoms with E-state index in [1.54, 1.807) is 12.1 Å². The lowest BCUT2D eigenvalue weighted by Crippen LogP contribution is -2.80. The summed E-state index contributed by atoms with van der Waals surface area (Å²) in [7, 11) is 0. The number of hydrogen-bond donors (Lipinski definition) is 6. The van der Waals surface area contributed by atoms with E-state index in [1.807, 2.05) is 0 Å². The summed E-state index contributed by atoms with van der Waals surface area (Å²) < 4.78 is 0. The van der Waals surface area contributed by atoms with Crippen LogP contribution in [-0.2, 0) is 0 Å². The Morgan fingerprint density at radius 1 is 0.500 bits per heavy atom. The second-order valence-electron chi connectivity index (χ2n) is 10.9. The molecule has 8 heteroatoms. The highest BCUT2D eigenvalue weighted by Crippen LogP contribution is 2.90. The fraction of sp³-hybridized carbons (Fsp3) is 0.462. The number of carbonyl (C=O) groups excluding carboxylic acids is 2. The molecule has 0 bridgehead atoms. The Labute approximate surface area is 196 Å². The zero-order chi connectivity index (χ0) is 25.4. The number of carbonyl (C=O) groups is 2. The number of Topliss-reactive ketones (excluding diaryl/α,β-unsaturated/α-hetero) is 2. The van der Waals surface area contributed by atoms with Gasteiger partial charge in [-0.2, -0.15) is 0 Å². The van der Waals surface area contributed by atoms with Crippen LogP contribution in [0.5, 0.6) is 0 Å². The SMILES string of the molecule is CC1(C)[C@@]2(O)C(O)(C(=O)c3ccccc3)[C@@]3(O)C(C)(C)[C@]3(O)C(O)(C(=O)c3ccccc3)[C@@]12O. The van der Waals surface area contributed by atoms with Gasteiger partial charge in [-0.25, -0.2) is 0 Å². The Balaban J connectivity index is 1.84. The van der Waals surface area contributed by atoms with Crippen LogP contribution in [0.15, 0.2) is 60.7 Å². The summed E-state index contributed by atoms with van der Waals surface area (Å²) in [6.45, 7) is 5.02. The number of ketones is 2. The normalized spacial score (nSPS) is 45.0. The Bertz CT molecular complexity index is 1100. The quantitative estimate of drug-likeness (QED) is 0.349. The molecule has 5 rings (SSSR count). The second-order valence-corrected chi connectivity index (χ2v) is 10.9. The average Bonchev–Trinajstić information content (AvgIpc) is 3.41. The lowest BCUT2D eigenvalue weighted by atomic mass is 9.63. The molecule has 0 heterocycles. The van der Waals surface area contributed by atoms with Crippen molar-refractivity contribution >= 4 is 11.6 Å². The zero-order valence-electron chi connectivity index (χ0n) is 19.3. The van der Waals surface area contributed by atoms with Gasteiger partial charge in [0.15, 0.2) is 11.2 Å². The van der Waals surface area contributed by atoms with Crippen LogP contribution in [0, 0.1) is 10.8 Å². The first kappa shape index (κ1) is 23.3. The molecule has 0 aliphatic heterocycles. The Morgan fingerprint density at radius 2 is 0.735 bits per heavy atom. The van der Waals surface area contributed by atoms with E-state index in [4.69, 9.17) is 0 Å². The molecule has 3 fully saturated rings. The van der Waals surface area contributed by atoms with E-state index in [0.717, 1.165) is 0 Å². The predicted octanol–water partition coefficient (Wildman–Crippen LogP) is 0.232. The van der Waals surface area contributed by atoms with Crippen molar-refractivity contribution in [1.29, 1.82) is 0 Å². The van der Waals surface area contributed by atoms with Gasteiger partial charge in [0, 0.05) is 22.0 Å². The van der Waals surface area contributed by atoms with E-state index in [0.29, 0.717) is 0 Å². The largest absolute Gasteiger partial charge is 0.382 e. The Hall–Kier alpha value is -2.46. The molecule has 0 radical (unpaired) electrons. The molecule has 0 aromatic heterocycles. The van der Waals surface area contributed by atoms with Gasteiger partial charge in [0.1, 0.15) is 22.4 Å². The summed E-state index contributed by atoms with van der Waals surface area (Å²) in [4.78, 5) is 27.5. The topological polar surface area (TPSA) is 156 Å². The fourth-order valence-corrected chi connectivity index (χ4v) is 7.29. The molecule has 0 amide bonds. The average molecular weight is 469 g/mol. The number of aliphatic hydroxyl groups is 6. The molecule has 34 heavy (non-hydrogen) atoms. The summed E-state index contributed by atoms with van der Waals surface area (Å²) in [6.07, 6.45) is 0. The summed E-state index contributed by atoms with van der Waals surface area (Å²) >= 11 is 0. The molecule has 6 N–H and O–H groups in total. The highest BCUT2D eigenvalue weighted by atomic mass is 16.5. The van der Waals surface area contributed by atoms with E-state index in [9.17, 15) is 40.2 Å². The maximum atomic E-state index is 13.8. The van der Waals surface area contributed by atoms with Crippen LogP contribution in [-0.4, -0.2) is 75.8 Å². The molecule has 2 unspecified atom stereocenters. The summed E-state index contributed by atoms with van der Waals surface area (Å²) in [6, 6.07) is 14.7. The molecule has 6 atom stereocenters. The van der Waals surface area contributed by atoms with Crippen LogP contribution in [0.2, 0.25) is 0 Å². The molecule has 3 aliphatic carbocycles. The lowest BCUT2D eigenvalue weighted by Gasteiger charge is -2.50. The van der Waals surface area contributed by atoms with Crippen LogP contribution < -0.4 is 0 Å². The Kier molecular flexibility index (Phi) is 4.00. The first-order chi connectivity index (χ1) is 15.5. The number of benzene rings is 2. The maximum absolute atomic E-state index is 13.8. The van der Waals surface area contributed by atoms with Crippen LogP contribution in [0.1, 0.15) is 48.4 Å². The van der Waals surface area contributed by atoms with Crippen LogP contribution >= 0.6 is 0 Å². The number of rotatable bonds is 4. The number of fused-ring (bicyclic) bond motifs is 2. The minimum Gasteiger partial charge on any atom is -0.382 e. The van der Waals surface area contributed by atoms with Crippen molar-refractivity contribution in [3.63, 3.8) is 0 Å². The molecule has 2 aromatic carbocycles. The van der Waals surface area contributed by atoms with Gasteiger partial charge in [0.25, 0.3) is 0 Å². The van der Waals surface area contributed by atoms with E-state index in [1.165, 1.54) is 76.2 Å². The molecule has 0 spiro atoms. The molecule has 3 saturated carbocycles. The third-order valence-corrected chi connectivity index (χ3v) is 9.36. The van der Waals surface area contributed by atoms with Crippen molar-refractivity contribution in [2.45, 2.75) is 61.3 Å². The first-order valence-electron chi connectivity index (χ1n) is 11.1. The van der Waals surface area contributed by atoms with E-state index in [2.05, 4.69) is 0 Å². The highest BCUT2D eigenvalue weighted by molar-refractivity contribution is 6.12. The molecule has 3 aliphatic rings. The summed E-state index contributed by atoms with van der Waals surface area (Å²) in [5.74, 6) is -2.30. The van der Waals surface area contributed by atoms with E-state index >= 15 is 0 Å². The highest BCUT2D eigenvalue weighted by Gasteiger charge is 3.14. The van der Waals surface area contributed by atoms with Crippen molar-refractivity contribution in [1.82, 2.24) is 0 Å². The van der Waals surface area contributed by atoms with E-state index in [-0.39, 0.29) is 11.1 Å². The van der Waals surface area contributed by atoms with E-state index < -0.39 is 56.0 Å². The van der Waals surface area contributed by atoms with Gasteiger partial charge in [-0.1, -0.05) is 88.4 Å². The molecular weight excluding hydrogens is 440 g/mol. The predicted molar refractivity (Wildman–Crippen MR) is 119 cm³/mol. The van der Waals surface area contributed by atoms with Gasteiger partial charge in [-0.15, -0.1) is 0 Å². The van der Waals surface area contributed by atoms with Crippen molar-refractivity contribution in [3.05, 3.63) is 71.8 Å². The van der Waals surface area contributed by atoms with Crippen LogP contribution in [0.3, 0.4) is 0 Å². The van der Waals surface area contributed by atoms with Crippen LogP contribution in [0.4, 0.5) is 0 Å². The van der Waals surface area contributed by atoms with Crippen LogP contribution in [0.25, 0.3) is 0 Å². The molecular formula is C26H28O8.